The number of carbonyl (C=O) groups excluding carboxylic acids is 1. The van der Waals surface area contributed by atoms with E-state index < -0.39 is 17.9 Å². The van der Waals surface area contributed by atoms with Crippen LogP contribution in [0, 0.1) is 0 Å². The predicted molar refractivity (Wildman–Crippen MR) is 102 cm³/mol. The number of hydrogen-bond donors (Lipinski definition) is 5. The molecule has 0 saturated heterocycles. The molecule has 1 heterocycles. The summed E-state index contributed by atoms with van der Waals surface area (Å²) in [5, 5.41) is 16.2. The van der Waals surface area contributed by atoms with Crippen molar-refractivity contribution in [1.82, 2.24) is 21.8 Å². The molecule has 3 rings (SSSR count). The number of rotatable bonds is 7. The van der Waals surface area contributed by atoms with Crippen LogP contribution in [0.15, 0.2) is 53.6 Å². The highest BCUT2D eigenvalue weighted by Gasteiger charge is 2.21. The molecule has 1 aliphatic rings. The number of aliphatic carboxylic acids is 1. The number of nitrogens with zero attached hydrogens (tertiary/aromatic N) is 1. The largest absolute Gasteiger partial charge is 0.481 e. The second-order valence-corrected chi connectivity index (χ2v) is 6.44. The van der Waals surface area contributed by atoms with Gasteiger partial charge in [0.2, 0.25) is 5.84 Å². The highest BCUT2D eigenvalue weighted by Crippen LogP contribution is 2.23. The summed E-state index contributed by atoms with van der Waals surface area (Å²) < 4.78 is 0. The fourth-order valence-corrected chi connectivity index (χ4v) is 2.92. The van der Waals surface area contributed by atoms with Gasteiger partial charge in [-0.3, -0.25) is 15.0 Å². The minimum absolute atomic E-state index is 0.0432. The Morgan fingerprint density at radius 2 is 1.93 bits per heavy atom. The number of hydrazine groups is 2. The van der Waals surface area contributed by atoms with Crippen LogP contribution in [-0.4, -0.2) is 28.9 Å². The van der Waals surface area contributed by atoms with Crippen LogP contribution in [-0.2, 0) is 16.0 Å². The van der Waals surface area contributed by atoms with Gasteiger partial charge in [0.25, 0.3) is 5.91 Å². The fourth-order valence-electron chi connectivity index (χ4n) is 2.73. The van der Waals surface area contributed by atoms with Gasteiger partial charge in [0, 0.05) is 11.1 Å². The molecule has 0 fully saturated rings. The van der Waals surface area contributed by atoms with Gasteiger partial charge in [0.1, 0.15) is 0 Å². The number of amidine groups is 1. The van der Waals surface area contributed by atoms with Gasteiger partial charge >= 0.3 is 5.97 Å². The molecule has 140 valence electrons. The SMILES string of the molecule is O=C(O)C[C@@H](Cc1ccc(-c2cccc(Cl)c2)cc1)NC(=O)C1=NNNN1. The number of amides is 1. The van der Waals surface area contributed by atoms with Crippen molar-refractivity contribution in [3.05, 3.63) is 59.1 Å². The molecule has 0 spiro atoms. The van der Waals surface area contributed by atoms with E-state index in [1.54, 1.807) is 0 Å². The van der Waals surface area contributed by atoms with Gasteiger partial charge in [-0.1, -0.05) is 48.0 Å². The Bertz CT molecular complexity index is 870. The molecule has 2 aromatic rings. The average Bonchev–Trinajstić information content (AvgIpc) is 3.16. The van der Waals surface area contributed by atoms with E-state index in [1.807, 2.05) is 48.5 Å². The van der Waals surface area contributed by atoms with Crippen LogP contribution in [0.2, 0.25) is 5.02 Å². The zero-order valence-electron chi connectivity index (χ0n) is 14.2. The molecule has 27 heavy (non-hydrogen) atoms. The number of nitrogens with one attached hydrogen (secondary N) is 4. The van der Waals surface area contributed by atoms with Crippen LogP contribution in [0.1, 0.15) is 12.0 Å². The van der Waals surface area contributed by atoms with Crippen molar-refractivity contribution in [1.29, 1.82) is 0 Å². The number of benzene rings is 2. The standard InChI is InChI=1S/C18H18ClN5O3/c19-14-3-1-2-13(9-14)12-6-4-11(5-7-12)8-15(10-16(25)26)20-18(27)17-21-23-24-22-17/h1-7,9,15,23-24H,8,10H2,(H,20,27)(H,21,22)(H,25,26)/t15-/m1/s1. The van der Waals surface area contributed by atoms with Crippen molar-refractivity contribution in [2.45, 2.75) is 18.9 Å². The van der Waals surface area contributed by atoms with E-state index in [1.165, 1.54) is 0 Å². The van der Waals surface area contributed by atoms with Gasteiger partial charge in [-0.2, -0.15) is 0 Å². The minimum Gasteiger partial charge on any atom is -0.481 e. The lowest BCUT2D eigenvalue weighted by atomic mass is 9.99. The summed E-state index contributed by atoms with van der Waals surface area (Å²) in [7, 11) is 0. The smallest absolute Gasteiger partial charge is 0.305 e. The number of carboxylic acids is 1. The zero-order chi connectivity index (χ0) is 19.2. The quantitative estimate of drug-likeness (QED) is 0.491. The lowest BCUT2D eigenvalue weighted by Crippen LogP contribution is -2.47. The van der Waals surface area contributed by atoms with E-state index >= 15 is 0 Å². The Labute approximate surface area is 160 Å². The molecule has 0 bridgehead atoms. The van der Waals surface area contributed by atoms with Crippen LogP contribution in [0.25, 0.3) is 11.1 Å². The van der Waals surface area contributed by atoms with Crippen molar-refractivity contribution in [2.24, 2.45) is 5.10 Å². The van der Waals surface area contributed by atoms with Crippen LogP contribution >= 0.6 is 11.6 Å². The van der Waals surface area contributed by atoms with Crippen molar-refractivity contribution in [3.8, 4) is 11.1 Å². The van der Waals surface area contributed by atoms with E-state index in [0.29, 0.717) is 11.4 Å². The van der Waals surface area contributed by atoms with Gasteiger partial charge in [0.05, 0.1) is 6.42 Å². The summed E-state index contributed by atoms with van der Waals surface area (Å²) in [5.74, 6) is -1.44. The average molecular weight is 388 g/mol. The molecule has 1 atom stereocenters. The molecule has 0 aliphatic carbocycles. The maximum Gasteiger partial charge on any atom is 0.305 e. The van der Waals surface area contributed by atoms with Gasteiger partial charge in [-0.05, 0) is 35.2 Å². The number of halogens is 1. The Morgan fingerprint density at radius 1 is 1.15 bits per heavy atom. The first-order valence-corrected chi connectivity index (χ1v) is 8.60. The normalized spacial score (nSPS) is 13.9. The third-order valence-electron chi connectivity index (χ3n) is 3.97. The molecule has 5 N–H and O–H groups in total. The highest BCUT2D eigenvalue weighted by atomic mass is 35.5. The summed E-state index contributed by atoms with van der Waals surface area (Å²) in [6.07, 6.45) is 0.178. The summed E-state index contributed by atoms with van der Waals surface area (Å²) in [4.78, 5) is 23.2. The first-order chi connectivity index (χ1) is 13.0. The molecule has 1 amide bonds. The molecule has 2 aromatic carbocycles. The molecule has 0 aromatic heterocycles. The summed E-state index contributed by atoms with van der Waals surface area (Å²) in [5.41, 5.74) is 10.3. The maximum atomic E-state index is 12.1. The van der Waals surface area contributed by atoms with E-state index in [9.17, 15) is 9.59 Å². The van der Waals surface area contributed by atoms with Crippen LogP contribution in [0.4, 0.5) is 0 Å². The summed E-state index contributed by atoms with van der Waals surface area (Å²) in [6.45, 7) is 0. The zero-order valence-corrected chi connectivity index (χ0v) is 15.0. The predicted octanol–water partition coefficient (Wildman–Crippen LogP) is 1.43. The Morgan fingerprint density at radius 3 is 2.56 bits per heavy atom. The summed E-state index contributed by atoms with van der Waals surface area (Å²) >= 11 is 6.03. The Kier molecular flexibility index (Phi) is 5.90. The topological polar surface area (TPSA) is 115 Å². The van der Waals surface area contributed by atoms with Gasteiger partial charge < -0.3 is 10.4 Å². The van der Waals surface area contributed by atoms with E-state index in [-0.39, 0.29) is 12.3 Å². The second kappa shape index (κ2) is 8.52. The lowest BCUT2D eigenvalue weighted by molar-refractivity contribution is -0.137. The fraction of sp³-hybridized carbons (Fsp3) is 0.167. The molecular formula is C18H18ClN5O3. The summed E-state index contributed by atoms with van der Waals surface area (Å²) in [6, 6.07) is 14.7. The highest BCUT2D eigenvalue weighted by molar-refractivity contribution is 6.38. The molecule has 0 saturated carbocycles. The lowest BCUT2D eigenvalue weighted by Gasteiger charge is -2.17. The first-order valence-electron chi connectivity index (χ1n) is 8.22. The maximum absolute atomic E-state index is 12.1. The van der Waals surface area contributed by atoms with Crippen molar-refractivity contribution in [2.75, 3.05) is 0 Å². The van der Waals surface area contributed by atoms with Gasteiger partial charge in [-0.15, -0.1) is 10.6 Å². The first kappa shape index (κ1) is 18.7. The van der Waals surface area contributed by atoms with Crippen LogP contribution in [0.5, 0.6) is 0 Å². The minimum atomic E-state index is -0.992. The van der Waals surface area contributed by atoms with E-state index in [2.05, 4.69) is 26.9 Å². The number of hydrogen-bond acceptors (Lipinski definition) is 6. The number of carboxylic acid groups (broad SMARTS) is 1. The molecule has 8 nitrogen and oxygen atoms in total. The van der Waals surface area contributed by atoms with E-state index in [4.69, 9.17) is 16.7 Å². The number of hydrazone groups is 1. The third-order valence-corrected chi connectivity index (χ3v) is 4.20. The molecule has 9 heteroatoms. The van der Waals surface area contributed by atoms with Crippen molar-refractivity contribution in [3.63, 3.8) is 0 Å². The Balaban J connectivity index is 1.69. The van der Waals surface area contributed by atoms with Gasteiger partial charge in [-0.25, -0.2) is 5.53 Å². The van der Waals surface area contributed by atoms with E-state index in [0.717, 1.165) is 16.7 Å². The molecular weight excluding hydrogens is 370 g/mol. The van der Waals surface area contributed by atoms with Crippen LogP contribution in [0.3, 0.4) is 0 Å². The third kappa shape index (κ3) is 5.19. The molecule has 0 unspecified atom stereocenters. The second-order valence-electron chi connectivity index (χ2n) is 6.00. The van der Waals surface area contributed by atoms with Crippen LogP contribution < -0.4 is 21.8 Å². The van der Waals surface area contributed by atoms with Crippen molar-refractivity contribution < 1.29 is 14.7 Å². The number of carbonyl (C=O) groups is 2. The molecule has 0 radical (unpaired) electrons. The monoisotopic (exact) mass is 387 g/mol. The Hall–Kier alpha value is -3.10. The molecule has 1 aliphatic heterocycles. The van der Waals surface area contributed by atoms with Crippen molar-refractivity contribution >= 4 is 29.3 Å². The van der Waals surface area contributed by atoms with Gasteiger partial charge in [0.15, 0.2) is 0 Å².